The molecular weight excluding hydrogens is 542 g/mol. The van der Waals surface area contributed by atoms with Gasteiger partial charge in [-0.1, -0.05) is 46.3 Å². The van der Waals surface area contributed by atoms with Crippen LogP contribution in [0.1, 0.15) is 28.9 Å². The van der Waals surface area contributed by atoms with Gasteiger partial charge in [-0.05, 0) is 55.5 Å². The molecule has 0 aliphatic carbocycles. The maximum absolute atomic E-state index is 12.7. The number of rotatable bonds is 9. The monoisotopic (exact) mass is 567 g/mol. The molecule has 0 radical (unpaired) electrons. The third kappa shape index (κ3) is 7.92. The molecule has 3 amide bonds. The van der Waals surface area contributed by atoms with Crippen molar-refractivity contribution in [2.45, 2.75) is 19.1 Å². The minimum absolute atomic E-state index is 0.171. The Morgan fingerprint density at radius 1 is 1.05 bits per heavy atom. The highest BCUT2D eigenvalue weighted by Crippen LogP contribution is 2.34. The molecule has 192 valence electrons. The molecule has 0 spiro atoms. The number of phenols is 1. The van der Waals surface area contributed by atoms with Gasteiger partial charge in [-0.15, -0.1) is 0 Å². The molecule has 0 saturated heterocycles. The minimum Gasteiger partial charge on any atom is -0.508 e. The lowest BCUT2D eigenvalue weighted by atomic mass is 10.0. The zero-order chi connectivity index (χ0) is 26.8. The number of nitrogen functional groups attached to an aromatic ring is 1. The summed E-state index contributed by atoms with van der Waals surface area (Å²) in [7, 11) is 0. The van der Waals surface area contributed by atoms with Crippen molar-refractivity contribution in [2.24, 2.45) is 0 Å². The highest BCUT2D eigenvalue weighted by atomic mass is 79.9. The Morgan fingerprint density at radius 3 is 2.46 bits per heavy atom. The number of nitrogens with one attached hydrogen (secondary N) is 2. The van der Waals surface area contributed by atoms with Gasteiger partial charge < -0.3 is 25.6 Å². The first-order valence-corrected chi connectivity index (χ1v) is 12.1. The first kappa shape index (κ1) is 27.4. The van der Waals surface area contributed by atoms with Gasteiger partial charge in [-0.25, -0.2) is 4.79 Å². The lowest BCUT2D eigenvalue weighted by Gasteiger charge is -2.26. The van der Waals surface area contributed by atoms with Crippen LogP contribution in [-0.2, 0) is 14.3 Å². The van der Waals surface area contributed by atoms with E-state index in [1.165, 1.54) is 18.2 Å². The number of alkyl carbamates (subject to hydrolysis) is 1. The van der Waals surface area contributed by atoms with E-state index in [1.807, 2.05) is 0 Å². The Hall–Kier alpha value is -4.15. The van der Waals surface area contributed by atoms with Gasteiger partial charge in [0.15, 0.2) is 6.10 Å². The summed E-state index contributed by atoms with van der Waals surface area (Å²) in [5.74, 6) is -1.33. The van der Waals surface area contributed by atoms with Crippen LogP contribution in [0.3, 0.4) is 0 Å². The molecule has 0 aromatic heterocycles. The molecule has 3 aromatic rings. The van der Waals surface area contributed by atoms with E-state index in [1.54, 1.807) is 73.7 Å². The molecule has 0 aliphatic rings. The highest BCUT2D eigenvalue weighted by Gasteiger charge is 2.29. The van der Waals surface area contributed by atoms with Crippen LogP contribution in [0.2, 0.25) is 0 Å². The maximum Gasteiger partial charge on any atom is 0.414 e. The number of halogens is 1. The van der Waals surface area contributed by atoms with Crippen molar-refractivity contribution >= 4 is 45.2 Å². The number of hydrogen-bond acceptors (Lipinski definition) is 7. The van der Waals surface area contributed by atoms with Gasteiger partial charge in [0.05, 0.1) is 11.4 Å². The van der Waals surface area contributed by atoms with Crippen molar-refractivity contribution in [2.75, 3.05) is 17.7 Å². The van der Waals surface area contributed by atoms with E-state index in [0.29, 0.717) is 15.8 Å². The fraction of sp³-hybridized carbons (Fsp3) is 0.148. The molecule has 10 heteroatoms. The van der Waals surface area contributed by atoms with Gasteiger partial charge in [-0.3, -0.25) is 14.9 Å². The molecule has 37 heavy (non-hydrogen) atoms. The van der Waals surface area contributed by atoms with Crippen LogP contribution in [-0.4, -0.2) is 35.7 Å². The van der Waals surface area contributed by atoms with Crippen LogP contribution < -0.4 is 16.4 Å². The number of aromatic hydroxyl groups is 1. The lowest BCUT2D eigenvalue weighted by Crippen LogP contribution is -2.35. The Labute approximate surface area is 222 Å². The summed E-state index contributed by atoms with van der Waals surface area (Å²) >= 11 is 3.34. The number of amides is 3. The quantitative estimate of drug-likeness (QED) is 0.212. The normalized spacial score (nSPS) is 12.5. The second-order valence-electron chi connectivity index (χ2n) is 7.70. The molecule has 3 aromatic carbocycles. The Bertz CT molecular complexity index is 1280. The van der Waals surface area contributed by atoms with Gasteiger partial charge in [0, 0.05) is 28.3 Å². The number of benzene rings is 3. The standard InChI is InChI=1S/C27H26BrN3O6/c1-2-36-23(14-15-24(33)30-21-11-7-6-10-20(21)29)25(19-16-18(28)12-13-22(19)32)37-27(35)31-26(34)17-8-4-3-5-9-17/h3-16,23,25,32H,2,29H2,1H3,(H,30,33)(H,31,34,35)/b15-14+/t23-,25-/m1/s1. The van der Waals surface area contributed by atoms with Crippen molar-refractivity contribution < 1.29 is 29.0 Å². The van der Waals surface area contributed by atoms with Gasteiger partial charge in [0.2, 0.25) is 5.91 Å². The smallest absolute Gasteiger partial charge is 0.414 e. The molecule has 0 unspecified atom stereocenters. The van der Waals surface area contributed by atoms with Crippen molar-refractivity contribution in [3.63, 3.8) is 0 Å². The van der Waals surface area contributed by atoms with Gasteiger partial charge in [-0.2, -0.15) is 0 Å². The molecule has 0 heterocycles. The Morgan fingerprint density at radius 2 is 1.76 bits per heavy atom. The Balaban J connectivity index is 1.85. The van der Waals surface area contributed by atoms with Crippen molar-refractivity contribution in [1.29, 1.82) is 0 Å². The first-order chi connectivity index (χ1) is 17.8. The summed E-state index contributed by atoms with van der Waals surface area (Å²) in [6, 6.07) is 19.5. The van der Waals surface area contributed by atoms with E-state index in [9.17, 15) is 19.5 Å². The summed E-state index contributed by atoms with van der Waals surface area (Å²) in [6.45, 7) is 1.92. The van der Waals surface area contributed by atoms with E-state index >= 15 is 0 Å². The fourth-order valence-corrected chi connectivity index (χ4v) is 3.74. The number of phenolic OH excluding ortho intramolecular Hbond substituents is 1. The van der Waals surface area contributed by atoms with E-state index in [2.05, 4.69) is 26.6 Å². The second-order valence-corrected chi connectivity index (χ2v) is 8.62. The van der Waals surface area contributed by atoms with Crippen LogP contribution in [0.25, 0.3) is 0 Å². The molecule has 2 atom stereocenters. The first-order valence-electron chi connectivity index (χ1n) is 11.3. The van der Waals surface area contributed by atoms with Crippen LogP contribution >= 0.6 is 15.9 Å². The van der Waals surface area contributed by atoms with Crippen LogP contribution in [0, 0.1) is 0 Å². The summed E-state index contributed by atoms with van der Waals surface area (Å²) in [6.07, 6.45) is -0.660. The van der Waals surface area contributed by atoms with Crippen LogP contribution in [0.4, 0.5) is 16.2 Å². The van der Waals surface area contributed by atoms with E-state index in [4.69, 9.17) is 15.2 Å². The molecular formula is C27H26BrN3O6. The maximum atomic E-state index is 12.7. The summed E-state index contributed by atoms with van der Waals surface area (Å²) in [5, 5.41) is 15.4. The van der Waals surface area contributed by atoms with Gasteiger partial charge in [0.1, 0.15) is 11.9 Å². The predicted molar refractivity (Wildman–Crippen MR) is 143 cm³/mol. The second kappa shape index (κ2) is 13.2. The molecule has 0 bridgehead atoms. The zero-order valence-electron chi connectivity index (χ0n) is 19.9. The van der Waals surface area contributed by atoms with Crippen molar-refractivity contribution in [3.8, 4) is 5.75 Å². The number of nitrogens with two attached hydrogens (primary N) is 1. The molecule has 0 saturated carbocycles. The largest absolute Gasteiger partial charge is 0.508 e. The molecule has 5 N–H and O–H groups in total. The van der Waals surface area contributed by atoms with E-state index < -0.39 is 30.1 Å². The zero-order valence-corrected chi connectivity index (χ0v) is 21.5. The summed E-state index contributed by atoms with van der Waals surface area (Å²) in [4.78, 5) is 37.7. The van der Waals surface area contributed by atoms with Crippen LogP contribution in [0.5, 0.6) is 5.75 Å². The van der Waals surface area contributed by atoms with Gasteiger partial charge in [0.25, 0.3) is 5.91 Å². The number of ether oxygens (including phenoxy) is 2. The average molecular weight is 568 g/mol. The highest BCUT2D eigenvalue weighted by molar-refractivity contribution is 9.10. The predicted octanol–water partition coefficient (Wildman–Crippen LogP) is 4.94. The lowest BCUT2D eigenvalue weighted by molar-refractivity contribution is -0.112. The summed E-state index contributed by atoms with van der Waals surface area (Å²) in [5.41, 5.74) is 7.17. The number of para-hydroxylation sites is 2. The van der Waals surface area contributed by atoms with E-state index in [-0.39, 0.29) is 23.5 Å². The third-order valence-electron chi connectivity index (χ3n) is 5.10. The number of hydrogen-bond donors (Lipinski definition) is 4. The van der Waals surface area contributed by atoms with Crippen molar-refractivity contribution in [3.05, 3.63) is 101 Å². The SMILES string of the molecule is CCO[C@H](/C=C/C(=O)Nc1ccccc1N)[C@H](OC(=O)NC(=O)c1ccccc1)c1cc(Br)ccc1O. The summed E-state index contributed by atoms with van der Waals surface area (Å²) < 4.78 is 11.9. The molecule has 0 aliphatic heterocycles. The minimum atomic E-state index is -1.22. The number of carbonyl (C=O) groups is 3. The van der Waals surface area contributed by atoms with E-state index in [0.717, 1.165) is 0 Å². The van der Waals surface area contributed by atoms with Crippen LogP contribution in [0.15, 0.2) is 89.4 Å². The fourth-order valence-electron chi connectivity index (χ4n) is 3.36. The van der Waals surface area contributed by atoms with Crippen molar-refractivity contribution in [1.82, 2.24) is 5.32 Å². The molecule has 0 fully saturated rings. The number of anilines is 2. The molecule has 3 rings (SSSR count). The number of imide groups is 1. The topological polar surface area (TPSA) is 140 Å². The Kier molecular flexibility index (Phi) is 9.82. The number of carbonyl (C=O) groups excluding carboxylic acids is 3. The molecule has 9 nitrogen and oxygen atoms in total. The third-order valence-corrected chi connectivity index (χ3v) is 5.59. The average Bonchev–Trinajstić information content (AvgIpc) is 2.88. The van der Waals surface area contributed by atoms with Gasteiger partial charge >= 0.3 is 6.09 Å².